The van der Waals surface area contributed by atoms with E-state index in [2.05, 4.69) is 20.9 Å². The van der Waals surface area contributed by atoms with Crippen molar-refractivity contribution in [2.75, 3.05) is 0 Å². The minimum Gasteiger partial charge on any atom is -0.481 e. The monoisotopic (exact) mass is 287 g/mol. The second-order valence-corrected chi connectivity index (χ2v) is 4.62. The van der Waals surface area contributed by atoms with E-state index in [1.54, 1.807) is 18.4 Å². The fourth-order valence-corrected chi connectivity index (χ4v) is 2.68. The zero-order valence-corrected chi connectivity index (χ0v) is 9.84. The van der Waals surface area contributed by atoms with Gasteiger partial charge in [0, 0.05) is 0 Å². The summed E-state index contributed by atoms with van der Waals surface area (Å²) in [6.07, 6.45) is 1.53. The fourth-order valence-electron chi connectivity index (χ4n) is 1.09. The SMILES string of the molecule is O=C(O)Cc1sc(-c2ccco2)nc1Br. The molecular formula is C9H6BrNO3S. The Bertz CT molecular complexity index is 478. The van der Waals surface area contributed by atoms with Crippen molar-refractivity contribution in [3.8, 4) is 10.8 Å². The number of rotatable bonds is 3. The first-order chi connectivity index (χ1) is 7.16. The molecule has 2 rings (SSSR count). The molecule has 0 unspecified atom stereocenters. The van der Waals surface area contributed by atoms with E-state index in [0.717, 1.165) is 0 Å². The van der Waals surface area contributed by atoms with Gasteiger partial charge in [0.15, 0.2) is 10.8 Å². The van der Waals surface area contributed by atoms with Gasteiger partial charge in [-0.05, 0) is 28.1 Å². The summed E-state index contributed by atoms with van der Waals surface area (Å²) >= 11 is 4.54. The molecule has 0 fully saturated rings. The van der Waals surface area contributed by atoms with Gasteiger partial charge in [-0.3, -0.25) is 4.79 Å². The molecule has 0 aliphatic rings. The molecule has 1 N–H and O–H groups in total. The predicted molar refractivity (Wildman–Crippen MR) is 58.9 cm³/mol. The van der Waals surface area contributed by atoms with Crippen LogP contribution in [-0.4, -0.2) is 16.1 Å². The van der Waals surface area contributed by atoms with Crippen LogP contribution in [0.5, 0.6) is 0 Å². The molecule has 4 nitrogen and oxygen atoms in total. The highest BCUT2D eigenvalue weighted by molar-refractivity contribution is 9.10. The zero-order valence-electron chi connectivity index (χ0n) is 7.44. The summed E-state index contributed by atoms with van der Waals surface area (Å²) in [5.74, 6) is -0.220. The zero-order chi connectivity index (χ0) is 10.8. The minimum atomic E-state index is -0.870. The molecule has 0 atom stereocenters. The van der Waals surface area contributed by atoms with Crippen molar-refractivity contribution in [3.63, 3.8) is 0 Å². The molecule has 78 valence electrons. The standard InChI is InChI=1S/C9H6BrNO3S/c10-8-6(4-7(12)13)15-9(11-8)5-2-1-3-14-5/h1-3H,4H2,(H,12,13). The Kier molecular flexibility index (Phi) is 2.88. The first-order valence-corrected chi connectivity index (χ1v) is 5.68. The van der Waals surface area contributed by atoms with Gasteiger partial charge in [-0.1, -0.05) is 0 Å². The van der Waals surface area contributed by atoms with Crippen LogP contribution in [0.25, 0.3) is 10.8 Å². The van der Waals surface area contributed by atoms with Crippen molar-refractivity contribution < 1.29 is 14.3 Å². The van der Waals surface area contributed by atoms with Crippen LogP contribution < -0.4 is 0 Å². The lowest BCUT2D eigenvalue weighted by Gasteiger charge is -1.88. The van der Waals surface area contributed by atoms with Gasteiger partial charge < -0.3 is 9.52 Å². The molecular weight excluding hydrogens is 282 g/mol. The van der Waals surface area contributed by atoms with Crippen molar-refractivity contribution in [2.24, 2.45) is 0 Å². The highest BCUT2D eigenvalue weighted by atomic mass is 79.9. The van der Waals surface area contributed by atoms with E-state index in [0.29, 0.717) is 20.2 Å². The Morgan fingerprint density at radius 2 is 2.47 bits per heavy atom. The number of carboxylic acids is 1. The summed E-state index contributed by atoms with van der Waals surface area (Å²) < 4.78 is 5.74. The van der Waals surface area contributed by atoms with E-state index in [-0.39, 0.29) is 6.42 Å². The summed E-state index contributed by atoms with van der Waals surface area (Å²) in [6.45, 7) is 0. The molecule has 0 aliphatic carbocycles. The maximum atomic E-state index is 10.6. The number of carbonyl (C=O) groups is 1. The first kappa shape index (κ1) is 10.4. The van der Waals surface area contributed by atoms with Crippen LogP contribution in [0.2, 0.25) is 0 Å². The average molecular weight is 288 g/mol. The quantitative estimate of drug-likeness (QED) is 0.943. The number of hydrogen-bond acceptors (Lipinski definition) is 4. The van der Waals surface area contributed by atoms with Gasteiger partial charge in [0.25, 0.3) is 0 Å². The maximum Gasteiger partial charge on any atom is 0.308 e. The van der Waals surface area contributed by atoms with Gasteiger partial charge in [0.1, 0.15) is 4.60 Å². The van der Waals surface area contributed by atoms with E-state index in [4.69, 9.17) is 9.52 Å². The Morgan fingerprint density at radius 3 is 3.07 bits per heavy atom. The largest absolute Gasteiger partial charge is 0.481 e. The lowest BCUT2D eigenvalue weighted by Crippen LogP contribution is -1.98. The number of furan rings is 1. The molecule has 0 saturated carbocycles. The lowest BCUT2D eigenvalue weighted by molar-refractivity contribution is -0.136. The molecule has 0 spiro atoms. The normalized spacial score (nSPS) is 10.5. The first-order valence-electron chi connectivity index (χ1n) is 4.07. The number of aliphatic carboxylic acids is 1. The summed E-state index contributed by atoms with van der Waals surface area (Å²) in [4.78, 5) is 15.4. The Labute approximate surface area is 97.7 Å². The van der Waals surface area contributed by atoms with Gasteiger partial charge in [-0.15, -0.1) is 11.3 Å². The molecule has 0 bridgehead atoms. The van der Waals surface area contributed by atoms with Crippen molar-refractivity contribution in [1.82, 2.24) is 4.98 Å². The minimum absolute atomic E-state index is 0.0288. The third-order valence-corrected chi connectivity index (χ3v) is 3.68. The van der Waals surface area contributed by atoms with E-state index in [1.807, 2.05) is 0 Å². The molecule has 2 aromatic heterocycles. The lowest BCUT2D eigenvalue weighted by atomic mass is 10.4. The van der Waals surface area contributed by atoms with Crippen molar-refractivity contribution in [2.45, 2.75) is 6.42 Å². The second-order valence-electron chi connectivity index (χ2n) is 2.78. The Balaban J connectivity index is 2.33. The molecule has 6 heteroatoms. The van der Waals surface area contributed by atoms with Crippen LogP contribution in [0.4, 0.5) is 0 Å². The second kappa shape index (κ2) is 4.16. The van der Waals surface area contributed by atoms with Crippen molar-refractivity contribution in [1.29, 1.82) is 0 Å². The van der Waals surface area contributed by atoms with Crippen LogP contribution >= 0.6 is 27.3 Å². The number of nitrogens with zero attached hydrogens (tertiary/aromatic N) is 1. The van der Waals surface area contributed by atoms with Crippen LogP contribution in [0.15, 0.2) is 27.4 Å². The molecule has 0 aliphatic heterocycles. The van der Waals surface area contributed by atoms with E-state index >= 15 is 0 Å². The van der Waals surface area contributed by atoms with Gasteiger partial charge in [-0.2, -0.15) is 0 Å². The van der Waals surface area contributed by atoms with Gasteiger partial charge >= 0.3 is 5.97 Å². The van der Waals surface area contributed by atoms with Gasteiger partial charge in [-0.25, -0.2) is 4.98 Å². The molecule has 0 saturated heterocycles. The highest BCUT2D eigenvalue weighted by Crippen LogP contribution is 2.31. The van der Waals surface area contributed by atoms with E-state index in [1.165, 1.54) is 11.3 Å². The van der Waals surface area contributed by atoms with Crippen LogP contribution in [0.3, 0.4) is 0 Å². The molecule has 0 aromatic carbocycles. The van der Waals surface area contributed by atoms with Crippen molar-refractivity contribution in [3.05, 3.63) is 27.9 Å². The van der Waals surface area contributed by atoms with Crippen LogP contribution in [0, 0.1) is 0 Å². The van der Waals surface area contributed by atoms with E-state index in [9.17, 15) is 4.79 Å². The van der Waals surface area contributed by atoms with Gasteiger partial charge in [0.2, 0.25) is 0 Å². The fraction of sp³-hybridized carbons (Fsp3) is 0.111. The third-order valence-electron chi connectivity index (χ3n) is 1.69. The number of aromatic nitrogens is 1. The average Bonchev–Trinajstić information content (AvgIpc) is 2.75. The van der Waals surface area contributed by atoms with E-state index < -0.39 is 5.97 Å². The highest BCUT2D eigenvalue weighted by Gasteiger charge is 2.14. The summed E-state index contributed by atoms with van der Waals surface area (Å²) in [7, 11) is 0. The number of thiazole rings is 1. The van der Waals surface area contributed by atoms with Crippen LogP contribution in [-0.2, 0) is 11.2 Å². The topological polar surface area (TPSA) is 63.3 Å². The predicted octanol–water partition coefficient (Wildman–Crippen LogP) is 2.79. The maximum absolute atomic E-state index is 10.6. The molecule has 2 heterocycles. The molecule has 15 heavy (non-hydrogen) atoms. The summed E-state index contributed by atoms with van der Waals surface area (Å²) in [5, 5.41) is 9.35. The number of hydrogen-bond donors (Lipinski definition) is 1. The molecule has 2 aromatic rings. The smallest absolute Gasteiger partial charge is 0.308 e. The Hall–Kier alpha value is -1.14. The van der Waals surface area contributed by atoms with Crippen LogP contribution in [0.1, 0.15) is 4.88 Å². The molecule has 0 radical (unpaired) electrons. The number of halogens is 1. The Morgan fingerprint density at radius 1 is 1.67 bits per heavy atom. The van der Waals surface area contributed by atoms with Gasteiger partial charge in [0.05, 0.1) is 17.6 Å². The van der Waals surface area contributed by atoms with Crippen molar-refractivity contribution >= 4 is 33.2 Å². The summed E-state index contributed by atoms with van der Waals surface area (Å²) in [5.41, 5.74) is 0. The summed E-state index contributed by atoms with van der Waals surface area (Å²) in [6, 6.07) is 3.55. The third kappa shape index (κ3) is 2.27. The number of carboxylic acid groups (broad SMARTS) is 1. The molecule has 0 amide bonds.